The number of amides is 2. The van der Waals surface area contributed by atoms with Crippen molar-refractivity contribution in [3.05, 3.63) is 52.0 Å². The molecule has 0 saturated carbocycles. The highest BCUT2D eigenvalue weighted by Gasteiger charge is 2.31. The Morgan fingerprint density at radius 3 is 2.24 bits per heavy atom. The van der Waals surface area contributed by atoms with E-state index in [4.69, 9.17) is 32.7 Å². The van der Waals surface area contributed by atoms with Crippen molar-refractivity contribution < 1.29 is 27.5 Å². The fourth-order valence-corrected chi connectivity index (χ4v) is 4.63. The van der Waals surface area contributed by atoms with Crippen LogP contribution in [0.3, 0.4) is 0 Å². The Balaban J connectivity index is 2.50. The smallest absolute Gasteiger partial charge is 0.244 e. The molecule has 204 valence electrons. The molecule has 2 aromatic rings. The molecule has 0 fully saturated rings. The van der Waals surface area contributed by atoms with Crippen LogP contribution in [0.2, 0.25) is 10.0 Å². The Morgan fingerprint density at radius 1 is 1.03 bits per heavy atom. The topological polar surface area (TPSA) is 105 Å². The number of nitrogens with one attached hydrogen (secondary N) is 1. The molecule has 0 bridgehead atoms. The SMILES string of the molecule is CC[C@@H](C)NC(=O)[C@H](C)N(Cc1ccc(Cl)c(Cl)c1)C(=O)CN(c1cc(OC)ccc1OC)S(C)(=O)=O. The number of hydrogen-bond acceptors (Lipinski definition) is 6. The van der Waals surface area contributed by atoms with Crippen LogP contribution in [0, 0.1) is 0 Å². The van der Waals surface area contributed by atoms with Gasteiger partial charge in [-0.25, -0.2) is 8.42 Å². The van der Waals surface area contributed by atoms with Gasteiger partial charge < -0.3 is 19.7 Å². The van der Waals surface area contributed by atoms with E-state index in [0.29, 0.717) is 27.8 Å². The second-order valence-corrected chi connectivity index (χ2v) is 11.3. The van der Waals surface area contributed by atoms with Crippen LogP contribution in [-0.4, -0.2) is 64.2 Å². The summed E-state index contributed by atoms with van der Waals surface area (Å²) in [5.41, 5.74) is 0.750. The van der Waals surface area contributed by atoms with E-state index < -0.39 is 28.5 Å². The Hall–Kier alpha value is -2.69. The third-order valence-corrected chi connectivity index (χ3v) is 7.70. The predicted molar refractivity (Wildman–Crippen MR) is 146 cm³/mol. The number of methoxy groups -OCH3 is 2. The average Bonchev–Trinajstić information content (AvgIpc) is 2.85. The Kier molecular flexibility index (Phi) is 10.9. The number of sulfonamides is 1. The van der Waals surface area contributed by atoms with E-state index in [1.54, 1.807) is 37.3 Å². The van der Waals surface area contributed by atoms with E-state index in [0.717, 1.165) is 10.6 Å². The molecular weight excluding hydrogens is 541 g/mol. The minimum Gasteiger partial charge on any atom is -0.497 e. The molecule has 0 aliphatic rings. The predicted octanol–water partition coefficient (Wildman–Crippen LogP) is 4.11. The van der Waals surface area contributed by atoms with Crippen molar-refractivity contribution in [3.8, 4) is 11.5 Å². The van der Waals surface area contributed by atoms with Gasteiger partial charge in [-0.2, -0.15) is 0 Å². The van der Waals surface area contributed by atoms with E-state index in [1.807, 2.05) is 13.8 Å². The highest BCUT2D eigenvalue weighted by atomic mass is 35.5. The molecule has 0 spiro atoms. The molecule has 0 aliphatic carbocycles. The maximum Gasteiger partial charge on any atom is 0.244 e. The standard InChI is InChI=1S/C25H33Cl2N3O6S/c1-7-16(2)28-25(32)17(3)29(14-18-8-10-20(26)21(27)12-18)24(31)15-30(37(6,33)34)22-13-19(35-4)9-11-23(22)36-5/h8-13,16-17H,7,14-15H2,1-6H3,(H,28,32)/t16-,17+/m1/s1. The lowest BCUT2D eigenvalue weighted by Crippen LogP contribution is -2.52. The van der Waals surface area contributed by atoms with Gasteiger partial charge in [-0.15, -0.1) is 0 Å². The zero-order chi connectivity index (χ0) is 27.9. The lowest BCUT2D eigenvalue weighted by Gasteiger charge is -2.32. The zero-order valence-electron chi connectivity index (χ0n) is 21.7. The second kappa shape index (κ2) is 13.2. The number of carbonyl (C=O) groups excluding carboxylic acids is 2. The first kappa shape index (κ1) is 30.5. The fraction of sp³-hybridized carbons (Fsp3) is 0.440. The summed E-state index contributed by atoms with van der Waals surface area (Å²) in [5.74, 6) is -0.357. The van der Waals surface area contributed by atoms with Crippen molar-refractivity contribution in [2.75, 3.05) is 31.3 Å². The van der Waals surface area contributed by atoms with Crippen molar-refractivity contribution in [3.63, 3.8) is 0 Å². The van der Waals surface area contributed by atoms with Crippen molar-refractivity contribution in [1.82, 2.24) is 10.2 Å². The molecule has 2 atom stereocenters. The van der Waals surface area contributed by atoms with Gasteiger partial charge in [0.15, 0.2) is 0 Å². The van der Waals surface area contributed by atoms with Crippen molar-refractivity contribution in [2.24, 2.45) is 0 Å². The average molecular weight is 575 g/mol. The number of carbonyl (C=O) groups is 2. The maximum atomic E-state index is 13.7. The lowest BCUT2D eigenvalue weighted by molar-refractivity contribution is -0.139. The highest BCUT2D eigenvalue weighted by molar-refractivity contribution is 7.92. The van der Waals surface area contributed by atoms with Gasteiger partial charge in [0.1, 0.15) is 24.1 Å². The first-order valence-corrected chi connectivity index (χ1v) is 14.2. The molecule has 37 heavy (non-hydrogen) atoms. The van der Waals surface area contributed by atoms with Crippen molar-refractivity contribution in [2.45, 2.75) is 45.8 Å². The van der Waals surface area contributed by atoms with Crippen LogP contribution in [0.1, 0.15) is 32.8 Å². The Bertz CT molecular complexity index is 1220. The number of ether oxygens (including phenoxy) is 2. The highest BCUT2D eigenvalue weighted by Crippen LogP contribution is 2.34. The number of benzene rings is 2. The molecule has 0 saturated heterocycles. The van der Waals surface area contributed by atoms with Gasteiger partial charge in [-0.05, 0) is 50.1 Å². The molecule has 0 radical (unpaired) electrons. The normalized spacial score (nSPS) is 12.9. The van der Waals surface area contributed by atoms with Crippen LogP contribution in [0.15, 0.2) is 36.4 Å². The summed E-state index contributed by atoms with van der Waals surface area (Å²) in [6.45, 7) is 4.79. The summed E-state index contributed by atoms with van der Waals surface area (Å²) < 4.78 is 37.2. The Labute approximate surface area is 228 Å². The van der Waals surface area contributed by atoms with E-state index in [2.05, 4.69) is 5.32 Å². The van der Waals surface area contributed by atoms with Crippen LogP contribution in [0.4, 0.5) is 5.69 Å². The summed E-state index contributed by atoms with van der Waals surface area (Å²) in [6, 6.07) is 8.49. The van der Waals surface area contributed by atoms with Gasteiger partial charge >= 0.3 is 0 Å². The van der Waals surface area contributed by atoms with Gasteiger partial charge in [0.25, 0.3) is 0 Å². The van der Waals surface area contributed by atoms with Crippen LogP contribution in [-0.2, 0) is 26.2 Å². The maximum absolute atomic E-state index is 13.7. The van der Waals surface area contributed by atoms with Gasteiger partial charge in [0, 0.05) is 18.7 Å². The molecule has 0 aliphatic heterocycles. The summed E-state index contributed by atoms with van der Waals surface area (Å²) in [4.78, 5) is 28.0. The van der Waals surface area contributed by atoms with Crippen LogP contribution >= 0.6 is 23.2 Å². The molecule has 0 heterocycles. The van der Waals surface area contributed by atoms with E-state index in [-0.39, 0.29) is 29.9 Å². The summed E-state index contributed by atoms with van der Waals surface area (Å²) in [6.07, 6.45) is 1.69. The molecule has 12 heteroatoms. The summed E-state index contributed by atoms with van der Waals surface area (Å²) in [5, 5.41) is 3.51. The van der Waals surface area contributed by atoms with Gasteiger partial charge in [-0.3, -0.25) is 13.9 Å². The number of anilines is 1. The van der Waals surface area contributed by atoms with Crippen molar-refractivity contribution >= 4 is 50.7 Å². The molecular formula is C25H33Cl2N3O6S. The summed E-state index contributed by atoms with van der Waals surface area (Å²) >= 11 is 12.2. The first-order valence-electron chi connectivity index (χ1n) is 11.6. The number of hydrogen-bond donors (Lipinski definition) is 1. The third-order valence-electron chi connectivity index (χ3n) is 5.84. The Morgan fingerprint density at radius 2 is 1.70 bits per heavy atom. The molecule has 2 amide bonds. The largest absolute Gasteiger partial charge is 0.497 e. The monoisotopic (exact) mass is 573 g/mol. The minimum atomic E-state index is -3.95. The number of nitrogens with zero attached hydrogens (tertiary/aromatic N) is 2. The summed E-state index contributed by atoms with van der Waals surface area (Å²) in [7, 11) is -1.11. The first-order chi connectivity index (χ1) is 17.3. The minimum absolute atomic E-state index is 0.00232. The molecule has 2 rings (SSSR count). The number of rotatable bonds is 12. The number of halogens is 2. The van der Waals surface area contributed by atoms with Crippen molar-refractivity contribution in [1.29, 1.82) is 0 Å². The van der Waals surface area contributed by atoms with Crippen LogP contribution < -0.4 is 19.1 Å². The van der Waals surface area contributed by atoms with Gasteiger partial charge in [0.05, 0.1) is 36.2 Å². The second-order valence-electron chi connectivity index (χ2n) is 8.57. The molecule has 0 unspecified atom stereocenters. The fourth-order valence-electron chi connectivity index (χ4n) is 3.47. The van der Waals surface area contributed by atoms with Gasteiger partial charge in [0.2, 0.25) is 21.8 Å². The zero-order valence-corrected chi connectivity index (χ0v) is 24.1. The van der Waals surface area contributed by atoms with Gasteiger partial charge in [-0.1, -0.05) is 36.2 Å². The van der Waals surface area contributed by atoms with E-state index in [1.165, 1.54) is 25.2 Å². The molecule has 1 N–H and O–H groups in total. The quantitative estimate of drug-likeness (QED) is 0.409. The molecule has 9 nitrogen and oxygen atoms in total. The van der Waals surface area contributed by atoms with E-state index >= 15 is 0 Å². The molecule has 2 aromatic carbocycles. The third kappa shape index (κ3) is 8.15. The lowest BCUT2D eigenvalue weighted by atomic mass is 10.1. The van der Waals surface area contributed by atoms with Crippen LogP contribution in [0.25, 0.3) is 0 Å². The molecule has 0 aromatic heterocycles. The van der Waals surface area contributed by atoms with Crippen LogP contribution in [0.5, 0.6) is 11.5 Å². The van der Waals surface area contributed by atoms with E-state index in [9.17, 15) is 18.0 Å².